The first-order chi connectivity index (χ1) is 13.2. The van der Waals surface area contributed by atoms with Crippen LogP contribution in [-0.2, 0) is 11.3 Å². The summed E-state index contributed by atoms with van der Waals surface area (Å²) in [4.78, 5) is 15.2. The summed E-state index contributed by atoms with van der Waals surface area (Å²) in [5.74, 6) is 0.602. The van der Waals surface area contributed by atoms with Crippen LogP contribution in [0.15, 0.2) is 48.5 Å². The molecule has 1 heterocycles. The predicted octanol–water partition coefficient (Wildman–Crippen LogP) is 4.95. The van der Waals surface area contributed by atoms with E-state index in [0.717, 1.165) is 31.4 Å². The normalized spacial score (nSPS) is 16.3. The van der Waals surface area contributed by atoms with Crippen LogP contribution in [0.1, 0.15) is 42.1 Å². The average Bonchev–Trinajstić information content (AvgIpc) is 3.20. The van der Waals surface area contributed by atoms with Gasteiger partial charge in [0, 0.05) is 24.7 Å². The molecule has 2 aromatic carbocycles. The lowest BCUT2D eigenvalue weighted by atomic mass is 10.1. The molecule has 4 nitrogen and oxygen atoms in total. The lowest BCUT2D eigenvalue weighted by Crippen LogP contribution is -2.37. The number of ether oxygens (including phenoxy) is 2. The Kier molecular flexibility index (Phi) is 7.13. The summed E-state index contributed by atoms with van der Waals surface area (Å²) in [6.45, 7) is 4.49. The third-order valence-electron chi connectivity index (χ3n) is 4.60. The number of hydrogen-bond donors (Lipinski definition) is 0. The molecule has 144 valence electrons. The van der Waals surface area contributed by atoms with Crippen molar-refractivity contribution in [3.05, 3.63) is 64.7 Å². The van der Waals surface area contributed by atoms with Crippen LogP contribution in [-0.4, -0.2) is 36.7 Å². The molecular weight excluding hydrogens is 362 g/mol. The van der Waals surface area contributed by atoms with E-state index in [9.17, 15) is 4.79 Å². The molecule has 1 amide bonds. The lowest BCUT2D eigenvalue weighted by molar-refractivity contribution is 0.0504. The number of benzene rings is 2. The van der Waals surface area contributed by atoms with Crippen molar-refractivity contribution in [3.8, 4) is 5.75 Å². The van der Waals surface area contributed by atoms with Gasteiger partial charge in [0.15, 0.2) is 0 Å². The second-order valence-electron chi connectivity index (χ2n) is 6.79. The molecule has 0 N–H and O–H groups in total. The van der Waals surface area contributed by atoms with Crippen LogP contribution >= 0.6 is 11.6 Å². The first-order valence-corrected chi connectivity index (χ1v) is 9.92. The molecule has 0 bridgehead atoms. The maximum absolute atomic E-state index is 13.4. The van der Waals surface area contributed by atoms with Crippen molar-refractivity contribution in [2.24, 2.45) is 0 Å². The highest BCUT2D eigenvalue weighted by Crippen LogP contribution is 2.23. The minimum absolute atomic E-state index is 0.0350. The first kappa shape index (κ1) is 19.7. The zero-order valence-corrected chi connectivity index (χ0v) is 16.5. The van der Waals surface area contributed by atoms with E-state index in [4.69, 9.17) is 21.1 Å². The monoisotopic (exact) mass is 387 g/mol. The molecule has 1 aliphatic rings. The molecule has 0 aromatic heterocycles. The van der Waals surface area contributed by atoms with Crippen molar-refractivity contribution < 1.29 is 14.3 Å². The molecule has 3 rings (SSSR count). The molecule has 0 radical (unpaired) electrons. The molecule has 1 saturated heterocycles. The van der Waals surface area contributed by atoms with E-state index in [1.165, 1.54) is 0 Å². The fourth-order valence-corrected chi connectivity index (χ4v) is 3.34. The summed E-state index contributed by atoms with van der Waals surface area (Å²) in [5.41, 5.74) is 1.63. The largest absolute Gasteiger partial charge is 0.493 e. The maximum Gasteiger partial charge on any atom is 0.258 e. The van der Waals surface area contributed by atoms with Gasteiger partial charge in [0.25, 0.3) is 5.91 Å². The van der Waals surface area contributed by atoms with Crippen molar-refractivity contribution >= 4 is 17.5 Å². The summed E-state index contributed by atoms with van der Waals surface area (Å²) in [6, 6.07) is 15.1. The standard InChI is InChI=1S/C22H26ClNO3/c1-2-13-27-21-8-4-3-7-20(21)22(25)24(16-19-6-5-14-26-19)15-17-9-11-18(23)12-10-17/h3-4,7-12,19H,2,5-6,13-16H2,1H3. The van der Waals surface area contributed by atoms with Gasteiger partial charge in [-0.15, -0.1) is 0 Å². The number of halogens is 1. The van der Waals surface area contributed by atoms with Crippen LogP contribution in [0.25, 0.3) is 0 Å². The highest BCUT2D eigenvalue weighted by atomic mass is 35.5. The van der Waals surface area contributed by atoms with E-state index in [-0.39, 0.29) is 12.0 Å². The predicted molar refractivity (Wildman–Crippen MR) is 107 cm³/mol. The third kappa shape index (κ3) is 5.47. The lowest BCUT2D eigenvalue weighted by Gasteiger charge is -2.26. The Labute approximate surface area is 166 Å². The molecule has 1 fully saturated rings. The first-order valence-electron chi connectivity index (χ1n) is 9.54. The Balaban J connectivity index is 1.82. The van der Waals surface area contributed by atoms with Crippen LogP contribution in [0.3, 0.4) is 0 Å². The molecule has 1 atom stereocenters. The number of rotatable bonds is 8. The van der Waals surface area contributed by atoms with Gasteiger partial charge in [-0.3, -0.25) is 4.79 Å². The van der Waals surface area contributed by atoms with Gasteiger partial charge < -0.3 is 14.4 Å². The van der Waals surface area contributed by atoms with E-state index in [2.05, 4.69) is 6.92 Å². The minimum Gasteiger partial charge on any atom is -0.493 e. The summed E-state index contributed by atoms with van der Waals surface area (Å²) in [5, 5.41) is 0.689. The van der Waals surface area contributed by atoms with Gasteiger partial charge in [-0.05, 0) is 49.1 Å². The van der Waals surface area contributed by atoms with Gasteiger partial charge in [0.2, 0.25) is 0 Å². The molecule has 2 aromatic rings. The Hall–Kier alpha value is -2.04. The minimum atomic E-state index is -0.0350. The zero-order valence-electron chi connectivity index (χ0n) is 15.7. The Morgan fingerprint density at radius 3 is 2.70 bits per heavy atom. The van der Waals surface area contributed by atoms with Crippen molar-refractivity contribution in [1.29, 1.82) is 0 Å². The molecular formula is C22H26ClNO3. The average molecular weight is 388 g/mol. The number of hydrogen-bond acceptors (Lipinski definition) is 3. The Bertz CT molecular complexity index is 741. The number of nitrogens with zero attached hydrogens (tertiary/aromatic N) is 1. The van der Waals surface area contributed by atoms with Crippen LogP contribution < -0.4 is 4.74 Å². The van der Waals surface area contributed by atoms with Gasteiger partial charge in [-0.1, -0.05) is 42.8 Å². The van der Waals surface area contributed by atoms with Crippen LogP contribution in [0.5, 0.6) is 5.75 Å². The number of para-hydroxylation sites is 1. The van der Waals surface area contributed by atoms with Gasteiger partial charge in [-0.2, -0.15) is 0 Å². The molecule has 0 spiro atoms. The maximum atomic E-state index is 13.4. The highest BCUT2D eigenvalue weighted by molar-refractivity contribution is 6.30. The summed E-state index contributed by atoms with van der Waals surface area (Å²) >= 11 is 6.00. The highest BCUT2D eigenvalue weighted by Gasteiger charge is 2.25. The Morgan fingerprint density at radius 2 is 2.00 bits per heavy atom. The number of carbonyl (C=O) groups excluding carboxylic acids is 1. The van der Waals surface area contributed by atoms with Crippen LogP contribution in [0.2, 0.25) is 5.02 Å². The molecule has 27 heavy (non-hydrogen) atoms. The summed E-state index contributed by atoms with van der Waals surface area (Å²) in [6.07, 6.45) is 3.01. The van der Waals surface area contributed by atoms with Crippen molar-refractivity contribution in [1.82, 2.24) is 4.90 Å². The molecule has 1 aliphatic heterocycles. The van der Waals surface area contributed by atoms with E-state index in [0.29, 0.717) is 36.0 Å². The molecule has 1 unspecified atom stereocenters. The smallest absolute Gasteiger partial charge is 0.258 e. The van der Waals surface area contributed by atoms with E-state index < -0.39 is 0 Å². The van der Waals surface area contributed by atoms with Gasteiger partial charge >= 0.3 is 0 Å². The number of amides is 1. The van der Waals surface area contributed by atoms with E-state index in [1.54, 1.807) is 0 Å². The molecule has 0 aliphatic carbocycles. The Morgan fingerprint density at radius 1 is 1.22 bits per heavy atom. The fraction of sp³-hybridized carbons (Fsp3) is 0.409. The van der Waals surface area contributed by atoms with Gasteiger partial charge in [0.1, 0.15) is 5.75 Å². The van der Waals surface area contributed by atoms with Crippen LogP contribution in [0, 0.1) is 0 Å². The fourth-order valence-electron chi connectivity index (χ4n) is 3.22. The van der Waals surface area contributed by atoms with Crippen molar-refractivity contribution in [2.75, 3.05) is 19.8 Å². The molecule has 0 saturated carbocycles. The topological polar surface area (TPSA) is 38.8 Å². The third-order valence-corrected chi connectivity index (χ3v) is 4.85. The van der Waals surface area contributed by atoms with E-state index >= 15 is 0 Å². The van der Waals surface area contributed by atoms with Gasteiger partial charge in [-0.25, -0.2) is 0 Å². The SMILES string of the molecule is CCCOc1ccccc1C(=O)N(Cc1ccc(Cl)cc1)CC1CCCO1. The summed E-state index contributed by atoms with van der Waals surface area (Å²) < 4.78 is 11.6. The zero-order chi connectivity index (χ0) is 19.1. The second-order valence-corrected chi connectivity index (χ2v) is 7.23. The van der Waals surface area contributed by atoms with E-state index in [1.807, 2.05) is 53.4 Å². The van der Waals surface area contributed by atoms with Crippen molar-refractivity contribution in [3.63, 3.8) is 0 Å². The quantitative estimate of drug-likeness (QED) is 0.643. The van der Waals surface area contributed by atoms with Gasteiger partial charge in [0.05, 0.1) is 18.3 Å². The van der Waals surface area contributed by atoms with Crippen molar-refractivity contribution in [2.45, 2.75) is 38.8 Å². The molecule has 5 heteroatoms. The number of carbonyl (C=O) groups is 1. The van der Waals surface area contributed by atoms with Crippen LogP contribution in [0.4, 0.5) is 0 Å². The second kappa shape index (κ2) is 9.77. The summed E-state index contributed by atoms with van der Waals surface area (Å²) in [7, 11) is 0.